The van der Waals surface area contributed by atoms with Gasteiger partial charge in [0.15, 0.2) is 0 Å². The van der Waals surface area contributed by atoms with Crippen molar-refractivity contribution >= 4 is 34.5 Å². The number of ether oxygens (including phenoxy) is 2. The molecule has 1 aliphatic carbocycles. The Morgan fingerprint density at radius 2 is 1.93 bits per heavy atom. The third-order valence-corrected chi connectivity index (χ3v) is 7.78. The number of carbonyl (C=O) groups is 4. The molecule has 1 fully saturated rings. The number of rotatable bonds is 8. The molecular weight excluding hydrogens is 514 g/mol. The number of amides is 2. The molecule has 2 aromatic heterocycles. The highest BCUT2D eigenvalue weighted by molar-refractivity contribution is 6.09. The maximum atomic E-state index is 13.6. The van der Waals surface area contributed by atoms with Crippen molar-refractivity contribution in [2.75, 3.05) is 26.8 Å². The van der Waals surface area contributed by atoms with Crippen molar-refractivity contribution in [1.29, 1.82) is 0 Å². The van der Waals surface area contributed by atoms with Crippen LogP contribution in [0.5, 0.6) is 5.75 Å². The molecule has 0 bridgehead atoms. The minimum atomic E-state index is -0.608. The van der Waals surface area contributed by atoms with Crippen LogP contribution in [0.15, 0.2) is 42.1 Å². The molecule has 3 heterocycles. The Hall–Kier alpha value is -4.38. The topological polar surface area (TPSA) is 160 Å². The van der Waals surface area contributed by atoms with Gasteiger partial charge in [-0.25, -0.2) is 4.79 Å². The van der Waals surface area contributed by atoms with E-state index in [1.165, 1.54) is 13.2 Å². The van der Waals surface area contributed by atoms with Crippen molar-refractivity contribution in [1.82, 2.24) is 20.2 Å². The van der Waals surface area contributed by atoms with E-state index in [4.69, 9.17) is 15.2 Å². The van der Waals surface area contributed by atoms with Crippen LogP contribution in [0.1, 0.15) is 64.2 Å². The number of allylic oxidation sites excluding steroid dienone is 2. The molecule has 5 rings (SSSR count). The molecule has 2 atom stereocenters. The monoisotopic (exact) mass is 547 g/mol. The maximum absolute atomic E-state index is 13.6. The highest BCUT2D eigenvalue weighted by Crippen LogP contribution is 2.47. The Bertz CT molecular complexity index is 1550. The van der Waals surface area contributed by atoms with E-state index in [1.54, 1.807) is 23.1 Å². The molecule has 1 saturated heterocycles. The van der Waals surface area contributed by atoms with Crippen LogP contribution in [0.2, 0.25) is 0 Å². The lowest BCUT2D eigenvalue weighted by atomic mass is 9.75. The molecule has 1 aromatic carbocycles. The summed E-state index contributed by atoms with van der Waals surface area (Å²) in [6, 6.07) is 8.27. The van der Waals surface area contributed by atoms with E-state index in [0.717, 1.165) is 10.9 Å². The highest BCUT2D eigenvalue weighted by Gasteiger charge is 2.48. The molecule has 1 unspecified atom stereocenters. The van der Waals surface area contributed by atoms with Crippen LogP contribution < -0.4 is 15.8 Å². The number of ketones is 1. The molecule has 210 valence electrons. The predicted molar refractivity (Wildman–Crippen MR) is 147 cm³/mol. The van der Waals surface area contributed by atoms with Crippen molar-refractivity contribution in [3.8, 4) is 5.75 Å². The zero-order valence-electron chi connectivity index (χ0n) is 22.9. The predicted octanol–water partition coefficient (Wildman–Crippen LogP) is 2.64. The number of H-pyrrole nitrogens is 2. The SMILES string of the molecule is COC(=O)c1cc2c([nH]1)C(=O)C=C1N(C(=O)c3cc4cc(OCCNC(=O)C(N)C(C)C)ccc4[nH]3)CC[C@@]12C. The van der Waals surface area contributed by atoms with Gasteiger partial charge in [-0.1, -0.05) is 13.8 Å². The number of fused-ring (bicyclic) bond motifs is 4. The number of hydrogen-bond donors (Lipinski definition) is 4. The zero-order valence-corrected chi connectivity index (χ0v) is 22.9. The molecule has 0 spiro atoms. The molecule has 5 N–H and O–H groups in total. The minimum absolute atomic E-state index is 0.0450. The summed E-state index contributed by atoms with van der Waals surface area (Å²) in [7, 11) is 1.28. The fourth-order valence-corrected chi connectivity index (χ4v) is 5.33. The van der Waals surface area contributed by atoms with Gasteiger partial charge in [-0.15, -0.1) is 0 Å². The van der Waals surface area contributed by atoms with Crippen molar-refractivity contribution in [2.24, 2.45) is 11.7 Å². The Kier molecular flexibility index (Phi) is 7.01. The van der Waals surface area contributed by atoms with Crippen LogP contribution in [0.25, 0.3) is 10.9 Å². The average Bonchev–Trinajstić information content (AvgIpc) is 3.66. The summed E-state index contributed by atoms with van der Waals surface area (Å²) in [6.45, 7) is 6.76. The second-order valence-corrected chi connectivity index (χ2v) is 10.7. The number of esters is 1. The van der Waals surface area contributed by atoms with Gasteiger partial charge in [0.2, 0.25) is 11.7 Å². The second kappa shape index (κ2) is 10.3. The highest BCUT2D eigenvalue weighted by atomic mass is 16.5. The first kappa shape index (κ1) is 27.2. The largest absolute Gasteiger partial charge is 0.492 e. The van der Waals surface area contributed by atoms with E-state index in [0.29, 0.717) is 47.9 Å². The Labute approximate surface area is 231 Å². The van der Waals surface area contributed by atoms with Crippen molar-refractivity contribution in [2.45, 2.75) is 38.6 Å². The van der Waals surface area contributed by atoms with Crippen LogP contribution in [-0.2, 0) is 14.9 Å². The van der Waals surface area contributed by atoms with E-state index in [2.05, 4.69) is 15.3 Å². The van der Waals surface area contributed by atoms with Crippen LogP contribution in [0.3, 0.4) is 0 Å². The van der Waals surface area contributed by atoms with E-state index in [9.17, 15) is 19.2 Å². The van der Waals surface area contributed by atoms with Gasteiger partial charge in [0.1, 0.15) is 23.7 Å². The van der Waals surface area contributed by atoms with Crippen LogP contribution in [0.4, 0.5) is 0 Å². The zero-order chi connectivity index (χ0) is 28.8. The lowest BCUT2D eigenvalue weighted by Crippen LogP contribution is -2.45. The number of aromatic amines is 2. The number of nitrogens with two attached hydrogens (primary N) is 1. The number of aromatic nitrogens is 2. The second-order valence-electron chi connectivity index (χ2n) is 10.7. The first-order valence-corrected chi connectivity index (χ1v) is 13.2. The van der Waals surface area contributed by atoms with Gasteiger partial charge in [-0.2, -0.15) is 0 Å². The Morgan fingerprint density at radius 1 is 1.15 bits per heavy atom. The normalized spacial score (nSPS) is 18.8. The minimum Gasteiger partial charge on any atom is -0.492 e. The molecule has 11 heteroatoms. The molecule has 2 aliphatic rings. The molecule has 2 amide bonds. The van der Waals surface area contributed by atoms with Gasteiger partial charge in [0.25, 0.3) is 5.91 Å². The van der Waals surface area contributed by atoms with E-state index < -0.39 is 17.4 Å². The lowest BCUT2D eigenvalue weighted by molar-refractivity contribution is -0.123. The Balaban J connectivity index is 1.29. The summed E-state index contributed by atoms with van der Waals surface area (Å²) >= 11 is 0. The number of nitrogens with zero attached hydrogens (tertiary/aromatic N) is 1. The Morgan fingerprint density at radius 3 is 2.65 bits per heavy atom. The first-order valence-electron chi connectivity index (χ1n) is 13.2. The number of methoxy groups -OCH3 is 1. The van der Waals surface area contributed by atoms with Crippen LogP contribution >= 0.6 is 0 Å². The smallest absolute Gasteiger partial charge is 0.354 e. The molecular formula is C29H33N5O6. The van der Waals surface area contributed by atoms with Crippen LogP contribution in [-0.4, -0.2) is 71.3 Å². The van der Waals surface area contributed by atoms with Gasteiger partial charge < -0.3 is 35.4 Å². The van der Waals surface area contributed by atoms with Crippen LogP contribution in [0, 0.1) is 5.92 Å². The average molecular weight is 548 g/mol. The lowest BCUT2D eigenvalue weighted by Gasteiger charge is -2.31. The standard InChI is InChI=1S/C29H33N5O6/c1-15(2)24(30)26(36)31-8-10-40-17-5-6-19-16(11-17)12-20(32-19)27(37)34-9-7-29(3)18-13-21(28(38)39-4)33-25(18)22(35)14-23(29)34/h5-6,11-15,24,32-33H,7-10,30H2,1-4H3,(H,31,36)/t24?,29-/m1/s1. The van der Waals surface area contributed by atoms with Crippen molar-refractivity contribution in [3.63, 3.8) is 0 Å². The molecule has 0 radical (unpaired) electrons. The summed E-state index contributed by atoms with van der Waals surface area (Å²) in [5.74, 6) is -0.671. The first-order chi connectivity index (χ1) is 19.0. The molecule has 40 heavy (non-hydrogen) atoms. The fourth-order valence-electron chi connectivity index (χ4n) is 5.33. The van der Waals surface area contributed by atoms with E-state index >= 15 is 0 Å². The summed E-state index contributed by atoms with van der Waals surface area (Å²) in [4.78, 5) is 58.3. The number of carbonyl (C=O) groups excluding carboxylic acids is 4. The number of nitrogens with one attached hydrogen (secondary N) is 3. The summed E-state index contributed by atoms with van der Waals surface area (Å²) in [6.07, 6.45) is 2.08. The summed E-state index contributed by atoms with van der Waals surface area (Å²) in [5, 5.41) is 3.56. The molecule has 11 nitrogen and oxygen atoms in total. The van der Waals surface area contributed by atoms with Crippen molar-refractivity contribution in [3.05, 3.63) is 64.8 Å². The third kappa shape index (κ3) is 4.66. The van der Waals surface area contributed by atoms with Gasteiger partial charge in [0.05, 0.1) is 25.4 Å². The summed E-state index contributed by atoms with van der Waals surface area (Å²) in [5.41, 5.74) is 8.23. The molecule has 3 aromatic rings. The third-order valence-electron chi connectivity index (χ3n) is 7.78. The van der Waals surface area contributed by atoms with Crippen molar-refractivity contribution < 1.29 is 28.7 Å². The van der Waals surface area contributed by atoms with E-state index in [-0.39, 0.29) is 35.8 Å². The summed E-state index contributed by atoms with van der Waals surface area (Å²) < 4.78 is 10.6. The van der Waals surface area contributed by atoms with Gasteiger partial charge in [-0.3, -0.25) is 14.4 Å². The van der Waals surface area contributed by atoms with Gasteiger partial charge in [-0.05, 0) is 55.2 Å². The molecule has 1 aliphatic heterocycles. The number of likely N-dealkylation sites (tertiary alicyclic amines) is 1. The quantitative estimate of drug-likeness (QED) is 0.249. The molecule has 0 saturated carbocycles. The number of benzene rings is 1. The van der Waals surface area contributed by atoms with E-state index in [1.807, 2.05) is 32.9 Å². The fraction of sp³-hybridized carbons (Fsp3) is 0.379. The number of hydrogen-bond acceptors (Lipinski definition) is 7. The van der Waals surface area contributed by atoms with Gasteiger partial charge >= 0.3 is 5.97 Å². The maximum Gasteiger partial charge on any atom is 0.354 e. The van der Waals surface area contributed by atoms with Gasteiger partial charge in [0, 0.05) is 34.6 Å².